The Morgan fingerprint density at radius 3 is 2.41 bits per heavy atom. The lowest BCUT2D eigenvalue weighted by molar-refractivity contribution is 0.356. The van der Waals surface area contributed by atoms with Crippen LogP contribution in [0.5, 0.6) is 11.5 Å². The molecular formula is C20H16FN3O3. The van der Waals surface area contributed by atoms with Crippen molar-refractivity contribution >= 4 is 33.2 Å². The second-order valence-electron chi connectivity index (χ2n) is 5.89. The van der Waals surface area contributed by atoms with E-state index in [0.717, 1.165) is 0 Å². The summed E-state index contributed by atoms with van der Waals surface area (Å²) < 4.78 is 24.8. The largest absolute Gasteiger partial charge is 0.493 e. The van der Waals surface area contributed by atoms with Crippen LogP contribution < -0.4 is 20.3 Å². The molecule has 0 radical (unpaired) electrons. The van der Waals surface area contributed by atoms with E-state index >= 15 is 0 Å². The van der Waals surface area contributed by atoms with Crippen molar-refractivity contribution in [3.63, 3.8) is 0 Å². The van der Waals surface area contributed by atoms with Crippen molar-refractivity contribution in [2.45, 2.75) is 0 Å². The number of aromatic amines is 1. The monoisotopic (exact) mass is 365 g/mol. The third-order valence-corrected chi connectivity index (χ3v) is 4.36. The van der Waals surface area contributed by atoms with Gasteiger partial charge in [0, 0.05) is 17.0 Å². The first-order chi connectivity index (χ1) is 13.1. The van der Waals surface area contributed by atoms with Gasteiger partial charge in [0.15, 0.2) is 11.5 Å². The van der Waals surface area contributed by atoms with E-state index in [1.165, 1.54) is 20.3 Å². The number of benzene rings is 2. The van der Waals surface area contributed by atoms with Crippen LogP contribution in [-0.2, 0) is 0 Å². The van der Waals surface area contributed by atoms with Gasteiger partial charge in [0.25, 0.3) is 5.56 Å². The van der Waals surface area contributed by atoms with Crippen LogP contribution in [0, 0.1) is 5.82 Å². The average molecular weight is 365 g/mol. The van der Waals surface area contributed by atoms with Crippen LogP contribution in [-0.4, -0.2) is 24.2 Å². The van der Waals surface area contributed by atoms with Gasteiger partial charge in [0.05, 0.1) is 31.0 Å². The number of H-pyrrole nitrogens is 1. The minimum Gasteiger partial charge on any atom is -0.493 e. The number of aromatic nitrogens is 2. The van der Waals surface area contributed by atoms with Crippen LogP contribution in [0.25, 0.3) is 21.8 Å². The normalized spacial score (nSPS) is 10.9. The van der Waals surface area contributed by atoms with E-state index in [9.17, 15) is 9.18 Å². The van der Waals surface area contributed by atoms with E-state index in [0.29, 0.717) is 44.7 Å². The van der Waals surface area contributed by atoms with Crippen molar-refractivity contribution in [3.05, 3.63) is 64.8 Å². The van der Waals surface area contributed by atoms with Gasteiger partial charge in [0.1, 0.15) is 11.5 Å². The molecule has 0 fully saturated rings. The Labute approximate surface area is 153 Å². The maximum Gasteiger partial charge on any atom is 0.257 e. The summed E-state index contributed by atoms with van der Waals surface area (Å²) in [5.74, 6) is 0.551. The highest BCUT2D eigenvalue weighted by atomic mass is 19.1. The number of anilines is 2. The van der Waals surface area contributed by atoms with Crippen LogP contribution in [0.15, 0.2) is 53.5 Å². The highest BCUT2D eigenvalue weighted by molar-refractivity contribution is 6.11. The molecule has 2 heterocycles. The smallest absolute Gasteiger partial charge is 0.257 e. The van der Waals surface area contributed by atoms with E-state index in [4.69, 9.17) is 9.47 Å². The van der Waals surface area contributed by atoms with Gasteiger partial charge < -0.3 is 19.8 Å². The molecule has 0 saturated heterocycles. The van der Waals surface area contributed by atoms with Crippen molar-refractivity contribution in [1.29, 1.82) is 0 Å². The van der Waals surface area contributed by atoms with Gasteiger partial charge in [-0.2, -0.15) is 0 Å². The Kier molecular flexibility index (Phi) is 4.12. The molecule has 0 unspecified atom stereocenters. The van der Waals surface area contributed by atoms with Crippen molar-refractivity contribution < 1.29 is 13.9 Å². The summed E-state index contributed by atoms with van der Waals surface area (Å²) in [6, 6.07) is 11.4. The van der Waals surface area contributed by atoms with Crippen LogP contribution in [0.1, 0.15) is 0 Å². The number of pyridine rings is 2. The fraction of sp³-hybridized carbons (Fsp3) is 0.100. The Bertz CT molecular complexity index is 1220. The summed E-state index contributed by atoms with van der Waals surface area (Å²) in [6.07, 6.45) is 1.55. The molecule has 6 nitrogen and oxygen atoms in total. The number of hydrogen-bond acceptors (Lipinski definition) is 5. The van der Waals surface area contributed by atoms with Gasteiger partial charge in [-0.05, 0) is 30.3 Å². The molecule has 0 bridgehead atoms. The summed E-state index contributed by atoms with van der Waals surface area (Å²) in [7, 11) is 3.03. The Morgan fingerprint density at radius 2 is 1.70 bits per heavy atom. The SMILES string of the molecule is COc1cc2c(=O)[nH]c3nccc(Nc4ccccc4F)c3c2cc1OC. The summed E-state index contributed by atoms with van der Waals surface area (Å²) >= 11 is 0. The van der Waals surface area contributed by atoms with E-state index in [1.807, 2.05) is 0 Å². The third-order valence-electron chi connectivity index (χ3n) is 4.36. The number of nitrogens with one attached hydrogen (secondary N) is 2. The zero-order chi connectivity index (χ0) is 19.0. The van der Waals surface area contributed by atoms with Gasteiger partial charge in [-0.3, -0.25) is 4.79 Å². The molecule has 2 N–H and O–H groups in total. The number of rotatable bonds is 4. The molecule has 2 aromatic carbocycles. The second kappa shape index (κ2) is 6.60. The fourth-order valence-electron chi connectivity index (χ4n) is 3.09. The molecule has 2 aromatic heterocycles. The zero-order valence-electron chi connectivity index (χ0n) is 14.7. The topological polar surface area (TPSA) is 76.2 Å². The molecular weight excluding hydrogens is 349 g/mol. The fourth-order valence-corrected chi connectivity index (χ4v) is 3.09. The molecule has 27 heavy (non-hydrogen) atoms. The van der Waals surface area contributed by atoms with E-state index in [1.54, 1.807) is 42.6 Å². The highest BCUT2D eigenvalue weighted by Crippen LogP contribution is 2.36. The highest BCUT2D eigenvalue weighted by Gasteiger charge is 2.15. The predicted molar refractivity (Wildman–Crippen MR) is 103 cm³/mol. The molecule has 4 aromatic rings. The van der Waals surface area contributed by atoms with Gasteiger partial charge in [-0.15, -0.1) is 0 Å². The number of methoxy groups -OCH3 is 2. The van der Waals surface area contributed by atoms with E-state index in [2.05, 4.69) is 15.3 Å². The molecule has 4 rings (SSSR count). The van der Waals surface area contributed by atoms with Crippen molar-refractivity contribution in [1.82, 2.24) is 9.97 Å². The molecule has 0 atom stereocenters. The minimum atomic E-state index is -0.379. The number of fused-ring (bicyclic) bond motifs is 3. The first kappa shape index (κ1) is 16.8. The number of nitrogens with zero attached hydrogens (tertiary/aromatic N) is 1. The third kappa shape index (κ3) is 2.83. The molecule has 0 spiro atoms. The van der Waals surface area contributed by atoms with E-state index in [-0.39, 0.29) is 11.4 Å². The summed E-state index contributed by atoms with van der Waals surface area (Å²) in [5, 5.41) is 4.78. The maximum atomic E-state index is 14.1. The minimum absolute atomic E-state index is 0.297. The Hall–Kier alpha value is -3.61. The van der Waals surface area contributed by atoms with Crippen LogP contribution in [0.2, 0.25) is 0 Å². The van der Waals surface area contributed by atoms with Gasteiger partial charge in [-0.25, -0.2) is 9.37 Å². The van der Waals surface area contributed by atoms with Crippen molar-refractivity contribution in [2.24, 2.45) is 0 Å². The first-order valence-electron chi connectivity index (χ1n) is 8.20. The quantitative estimate of drug-likeness (QED) is 0.535. The standard InChI is InChI=1S/C20H16FN3O3/c1-26-16-9-11-12(10-17(16)27-2)20(25)24-19-18(11)15(7-8-22-19)23-14-6-4-3-5-13(14)21/h3-10H,1-2H3,(H2,22,23,24,25). The summed E-state index contributed by atoms with van der Waals surface area (Å²) in [4.78, 5) is 19.5. The van der Waals surface area contributed by atoms with Gasteiger partial charge in [-0.1, -0.05) is 12.1 Å². The van der Waals surface area contributed by atoms with Crippen LogP contribution in [0.3, 0.4) is 0 Å². The van der Waals surface area contributed by atoms with Crippen LogP contribution >= 0.6 is 0 Å². The molecule has 0 aliphatic heterocycles. The van der Waals surface area contributed by atoms with Crippen molar-refractivity contribution in [2.75, 3.05) is 19.5 Å². The predicted octanol–water partition coefficient (Wildman–Crippen LogP) is 3.98. The van der Waals surface area contributed by atoms with Gasteiger partial charge >= 0.3 is 0 Å². The van der Waals surface area contributed by atoms with Crippen LogP contribution in [0.4, 0.5) is 15.8 Å². The first-order valence-corrected chi connectivity index (χ1v) is 8.20. The average Bonchev–Trinajstić information content (AvgIpc) is 2.68. The van der Waals surface area contributed by atoms with Gasteiger partial charge in [0.2, 0.25) is 0 Å². The molecule has 7 heteroatoms. The maximum absolute atomic E-state index is 14.1. The summed E-state index contributed by atoms with van der Waals surface area (Å²) in [5.41, 5.74) is 1.03. The lowest BCUT2D eigenvalue weighted by Crippen LogP contribution is -2.09. The molecule has 0 aliphatic carbocycles. The zero-order valence-corrected chi connectivity index (χ0v) is 14.7. The lowest BCUT2D eigenvalue weighted by Gasteiger charge is -2.14. The second-order valence-corrected chi connectivity index (χ2v) is 5.89. The number of halogens is 1. The lowest BCUT2D eigenvalue weighted by atomic mass is 10.1. The summed E-state index contributed by atoms with van der Waals surface area (Å²) in [6.45, 7) is 0. The molecule has 0 aliphatic rings. The number of hydrogen-bond donors (Lipinski definition) is 2. The molecule has 0 amide bonds. The van der Waals surface area contributed by atoms with Crippen molar-refractivity contribution in [3.8, 4) is 11.5 Å². The number of ether oxygens (including phenoxy) is 2. The van der Waals surface area contributed by atoms with E-state index < -0.39 is 0 Å². The molecule has 0 saturated carbocycles. The molecule has 136 valence electrons. The Balaban J connectivity index is 2.05. The Morgan fingerprint density at radius 1 is 1.00 bits per heavy atom. The number of para-hydroxylation sites is 1.